The fourth-order valence-corrected chi connectivity index (χ4v) is 4.41. The number of aromatic amines is 1. The number of hydrogen-bond donors (Lipinski definition) is 3. The predicted octanol–water partition coefficient (Wildman–Crippen LogP) is 5.33. The number of aliphatic hydroxyl groups is 1. The van der Waals surface area contributed by atoms with Gasteiger partial charge in [-0.05, 0) is 55.7 Å². The molecule has 1 unspecified atom stereocenters. The van der Waals surface area contributed by atoms with Gasteiger partial charge < -0.3 is 10.4 Å². The van der Waals surface area contributed by atoms with Crippen LogP contribution < -0.4 is 5.32 Å². The molecule has 0 fully saturated rings. The second kappa shape index (κ2) is 9.63. The first-order chi connectivity index (χ1) is 17.8. The molecule has 0 aliphatic carbocycles. The molecule has 0 bridgehead atoms. The van der Waals surface area contributed by atoms with Gasteiger partial charge in [0, 0.05) is 29.1 Å². The van der Waals surface area contributed by atoms with E-state index in [1.807, 2.05) is 47.0 Å². The normalized spacial score (nSPS) is 12.6. The molecule has 7 nitrogen and oxygen atoms in total. The highest BCUT2D eigenvalue weighted by molar-refractivity contribution is 5.95. The van der Waals surface area contributed by atoms with E-state index in [9.17, 15) is 9.90 Å². The molecule has 3 N–H and O–H groups in total. The summed E-state index contributed by atoms with van der Waals surface area (Å²) < 4.78 is 17.1. The summed E-state index contributed by atoms with van der Waals surface area (Å²) in [5.41, 5.74) is 4.56. The first-order valence-corrected chi connectivity index (χ1v) is 12.1. The minimum atomic E-state index is -1.03. The van der Waals surface area contributed by atoms with E-state index in [4.69, 9.17) is 0 Å². The molecule has 1 atom stereocenters. The maximum absolute atomic E-state index is 15.2. The standard InChI is InChI=1S/C29H28FN5O2/c1-4-18-5-7-19(8-6-18)27(36)29(2,3)34-28(37)23-11-9-20(13-24(23)30)25-16-31-26-12-10-21(17-35(25)26)22-14-32-33-15-22/h5-17,27,36H,4H2,1-3H3,(H,32,33)(H,34,37). The summed E-state index contributed by atoms with van der Waals surface area (Å²) in [7, 11) is 0. The Morgan fingerprint density at radius 1 is 1.08 bits per heavy atom. The van der Waals surface area contributed by atoms with E-state index in [-0.39, 0.29) is 5.56 Å². The highest BCUT2D eigenvalue weighted by Crippen LogP contribution is 2.28. The number of aryl methyl sites for hydroxylation is 1. The average Bonchev–Trinajstić information content (AvgIpc) is 3.58. The first-order valence-electron chi connectivity index (χ1n) is 12.1. The van der Waals surface area contributed by atoms with Gasteiger partial charge in [-0.2, -0.15) is 5.10 Å². The Balaban J connectivity index is 1.38. The average molecular weight is 498 g/mol. The number of imidazole rings is 1. The summed E-state index contributed by atoms with van der Waals surface area (Å²) in [6.45, 7) is 5.49. The fourth-order valence-electron chi connectivity index (χ4n) is 4.41. The highest BCUT2D eigenvalue weighted by Gasteiger charge is 2.32. The molecule has 3 heterocycles. The summed E-state index contributed by atoms with van der Waals surface area (Å²) in [6.07, 6.45) is 7.04. The monoisotopic (exact) mass is 497 g/mol. The molecule has 2 aromatic carbocycles. The van der Waals surface area contributed by atoms with Gasteiger partial charge in [0.15, 0.2) is 0 Å². The fraction of sp³-hybridized carbons (Fsp3) is 0.207. The number of rotatable bonds is 7. The number of amides is 1. The van der Waals surface area contributed by atoms with Crippen LogP contribution in [0.15, 0.2) is 79.4 Å². The maximum Gasteiger partial charge on any atom is 0.254 e. The van der Waals surface area contributed by atoms with Crippen LogP contribution in [0.2, 0.25) is 0 Å². The summed E-state index contributed by atoms with van der Waals surface area (Å²) >= 11 is 0. The quantitative estimate of drug-likeness (QED) is 0.283. The third-order valence-corrected chi connectivity index (χ3v) is 6.67. The predicted molar refractivity (Wildman–Crippen MR) is 140 cm³/mol. The molecular weight excluding hydrogens is 469 g/mol. The minimum Gasteiger partial charge on any atom is -0.386 e. The number of fused-ring (bicyclic) bond motifs is 1. The second-order valence-corrected chi connectivity index (χ2v) is 9.64. The van der Waals surface area contributed by atoms with Crippen molar-refractivity contribution >= 4 is 11.6 Å². The van der Waals surface area contributed by atoms with Gasteiger partial charge in [-0.25, -0.2) is 9.37 Å². The van der Waals surface area contributed by atoms with Crippen molar-refractivity contribution in [3.05, 3.63) is 102 Å². The van der Waals surface area contributed by atoms with Gasteiger partial charge in [-0.15, -0.1) is 0 Å². The molecule has 3 aromatic heterocycles. The van der Waals surface area contributed by atoms with Gasteiger partial charge >= 0.3 is 0 Å². The van der Waals surface area contributed by atoms with Crippen molar-refractivity contribution in [1.29, 1.82) is 0 Å². The van der Waals surface area contributed by atoms with Crippen LogP contribution in [0.1, 0.15) is 48.4 Å². The van der Waals surface area contributed by atoms with Crippen LogP contribution in [0.3, 0.4) is 0 Å². The summed E-state index contributed by atoms with van der Waals surface area (Å²) in [6, 6.07) is 15.9. The molecule has 0 aliphatic heterocycles. The van der Waals surface area contributed by atoms with E-state index < -0.39 is 23.4 Å². The van der Waals surface area contributed by atoms with Gasteiger partial charge in [-0.3, -0.25) is 14.3 Å². The number of aliphatic hydroxyl groups excluding tert-OH is 1. The van der Waals surface area contributed by atoms with Gasteiger partial charge in [0.2, 0.25) is 0 Å². The third-order valence-electron chi connectivity index (χ3n) is 6.67. The first kappa shape index (κ1) is 24.4. The van der Waals surface area contributed by atoms with Gasteiger partial charge in [0.05, 0.1) is 29.2 Å². The van der Waals surface area contributed by atoms with E-state index in [0.717, 1.165) is 23.1 Å². The Hall–Kier alpha value is -4.30. The van der Waals surface area contributed by atoms with Gasteiger partial charge in [-0.1, -0.05) is 37.3 Å². The van der Waals surface area contributed by atoms with E-state index >= 15 is 4.39 Å². The Morgan fingerprint density at radius 3 is 2.51 bits per heavy atom. The molecule has 0 saturated carbocycles. The molecule has 0 saturated heterocycles. The number of halogens is 1. The molecule has 1 amide bonds. The largest absolute Gasteiger partial charge is 0.386 e. The SMILES string of the molecule is CCc1ccc(C(O)C(C)(C)NC(=O)c2ccc(-c3cnc4ccc(-c5cn[nH]c5)cn34)cc2F)cc1. The van der Waals surface area contributed by atoms with Crippen molar-refractivity contribution in [2.45, 2.75) is 38.8 Å². The van der Waals surface area contributed by atoms with Crippen LogP contribution >= 0.6 is 0 Å². The van der Waals surface area contributed by atoms with Crippen LogP contribution in [-0.2, 0) is 6.42 Å². The topological polar surface area (TPSA) is 95.3 Å². The lowest BCUT2D eigenvalue weighted by molar-refractivity contribution is 0.0632. The number of pyridine rings is 1. The molecule has 188 valence electrons. The summed E-state index contributed by atoms with van der Waals surface area (Å²) in [5.74, 6) is -1.26. The third kappa shape index (κ3) is 4.75. The summed E-state index contributed by atoms with van der Waals surface area (Å²) in [5, 5.41) is 20.5. The number of nitrogens with zero attached hydrogens (tertiary/aromatic N) is 3. The number of nitrogens with one attached hydrogen (secondary N) is 2. The molecule has 0 aliphatic rings. The Morgan fingerprint density at radius 2 is 1.84 bits per heavy atom. The van der Waals surface area contributed by atoms with E-state index in [2.05, 4.69) is 27.4 Å². The molecule has 5 aromatic rings. The highest BCUT2D eigenvalue weighted by atomic mass is 19.1. The number of benzene rings is 2. The van der Waals surface area contributed by atoms with Crippen LogP contribution in [0.5, 0.6) is 0 Å². The van der Waals surface area contributed by atoms with Crippen molar-refractivity contribution in [3.63, 3.8) is 0 Å². The lowest BCUT2D eigenvalue weighted by Crippen LogP contribution is -2.48. The van der Waals surface area contributed by atoms with E-state index in [1.54, 1.807) is 38.5 Å². The molecule has 5 rings (SSSR count). The zero-order chi connectivity index (χ0) is 26.2. The zero-order valence-corrected chi connectivity index (χ0v) is 20.9. The zero-order valence-electron chi connectivity index (χ0n) is 20.9. The van der Waals surface area contributed by atoms with Crippen molar-refractivity contribution in [3.8, 4) is 22.4 Å². The minimum absolute atomic E-state index is 0.0988. The van der Waals surface area contributed by atoms with Crippen molar-refractivity contribution < 1.29 is 14.3 Å². The van der Waals surface area contributed by atoms with Crippen molar-refractivity contribution in [2.24, 2.45) is 0 Å². The number of H-pyrrole nitrogens is 1. The van der Waals surface area contributed by atoms with Crippen LogP contribution in [0.25, 0.3) is 28.0 Å². The maximum atomic E-state index is 15.2. The van der Waals surface area contributed by atoms with Crippen molar-refractivity contribution in [1.82, 2.24) is 24.9 Å². The number of hydrogen-bond acceptors (Lipinski definition) is 4. The van der Waals surface area contributed by atoms with Crippen LogP contribution in [0, 0.1) is 5.82 Å². The van der Waals surface area contributed by atoms with E-state index in [1.165, 1.54) is 12.1 Å². The Kier molecular flexibility index (Phi) is 6.35. The Labute approximate surface area is 214 Å². The Bertz CT molecular complexity index is 1560. The smallest absolute Gasteiger partial charge is 0.254 e. The van der Waals surface area contributed by atoms with Gasteiger partial charge in [0.25, 0.3) is 5.91 Å². The van der Waals surface area contributed by atoms with E-state index in [0.29, 0.717) is 22.5 Å². The lowest BCUT2D eigenvalue weighted by atomic mass is 9.90. The molecule has 0 spiro atoms. The van der Waals surface area contributed by atoms with Gasteiger partial charge in [0.1, 0.15) is 17.6 Å². The summed E-state index contributed by atoms with van der Waals surface area (Å²) in [4.78, 5) is 17.4. The number of carbonyl (C=O) groups excluding carboxylic acids is 1. The van der Waals surface area contributed by atoms with Crippen LogP contribution in [-0.4, -0.2) is 36.1 Å². The lowest BCUT2D eigenvalue weighted by Gasteiger charge is -2.32. The second-order valence-electron chi connectivity index (χ2n) is 9.64. The molecule has 0 radical (unpaired) electrons. The number of carbonyl (C=O) groups is 1. The molecule has 8 heteroatoms. The van der Waals surface area contributed by atoms with Crippen molar-refractivity contribution in [2.75, 3.05) is 0 Å². The molecule has 37 heavy (non-hydrogen) atoms. The van der Waals surface area contributed by atoms with Crippen LogP contribution in [0.4, 0.5) is 4.39 Å². The number of aromatic nitrogens is 4. The molecular formula is C29H28FN5O2.